The van der Waals surface area contributed by atoms with Crippen molar-refractivity contribution in [2.24, 2.45) is 11.8 Å². The van der Waals surface area contributed by atoms with Crippen LogP contribution in [0.25, 0.3) is 22.0 Å². The Morgan fingerprint density at radius 1 is 0.803 bits per heavy atom. The maximum absolute atomic E-state index is 14.3. The predicted molar refractivity (Wildman–Crippen MR) is 240 cm³/mol. The molecule has 12 heteroatoms. The summed E-state index contributed by atoms with van der Waals surface area (Å²) >= 11 is 0. The van der Waals surface area contributed by atoms with Gasteiger partial charge < -0.3 is 35.3 Å². The van der Waals surface area contributed by atoms with E-state index in [-0.39, 0.29) is 36.3 Å². The second-order valence-electron chi connectivity index (χ2n) is 18.1. The molecule has 4 amide bonds. The van der Waals surface area contributed by atoms with Crippen LogP contribution >= 0.6 is 0 Å². The van der Waals surface area contributed by atoms with E-state index in [4.69, 9.17) is 9.47 Å². The number of hydrogen-bond acceptors (Lipinski definition) is 7. The smallest absolute Gasteiger partial charge is 0.407 e. The molecule has 1 aromatic heterocycles. The number of unbranched alkanes of at least 4 members (excludes halogenated alkanes) is 1. The van der Waals surface area contributed by atoms with Gasteiger partial charge in [-0.05, 0) is 105 Å². The highest BCUT2D eigenvalue weighted by Gasteiger charge is 2.32. The van der Waals surface area contributed by atoms with Crippen molar-refractivity contribution in [3.05, 3.63) is 99.8 Å². The molecule has 6 rings (SSSR count). The van der Waals surface area contributed by atoms with Gasteiger partial charge >= 0.3 is 12.2 Å². The van der Waals surface area contributed by atoms with Crippen LogP contribution in [0.5, 0.6) is 0 Å². The number of pyridine rings is 1. The Bertz CT molecular complexity index is 2210. The third-order valence-corrected chi connectivity index (χ3v) is 11.6. The average Bonchev–Trinajstić information content (AvgIpc) is 3.53. The summed E-state index contributed by atoms with van der Waals surface area (Å²) in [7, 11) is 0. The molecule has 4 aromatic rings. The number of rotatable bonds is 16. The molecule has 4 N–H and O–H groups in total. The van der Waals surface area contributed by atoms with Gasteiger partial charge in [0.2, 0.25) is 11.8 Å². The largest absolute Gasteiger partial charge is 0.449 e. The fourth-order valence-electron chi connectivity index (χ4n) is 8.70. The molecule has 0 bridgehead atoms. The molecule has 3 aromatic carbocycles. The van der Waals surface area contributed by atoms with E-state index >= 15 is 0 Å². The van der Waals surface area contributed by atoms with E-state index in [1.165, 1.54) is 0 Å². The zero-order valence-corrected chi connectivity index (χ0v) is 36.6. The van der Waals surface area contributed by atoms with Crippen LogP contribution in [0.1, 0.15) is 115 Å². The SMILES string of the molecule is Cc1cc(=O)n(CC(C)C)c2cc(NC(=O)C(CCCCNC(=O)OC(C)(C)C)NC(=O)C(CC3CCCCC3)NC(=O)OCC3c4ccccc4-c4ccccc43)ccc12. The fourth-order valence-corrected chi connectivity index (χ4v) is 8.70. The van der Waals surface area contributed by atoms with E-state index in [1.54, 1.807) is 43.5 Å². The minimum atomic E-state index is -0.974. The van der Waals surface area contributed by atoms with Gasteiger partial charge in [-0.15, -0.1) is 0 Å². The number of nitrogens with one attached hydrogen (secondary N) is 4. The molecule has 2 unspecified atom stereocenters. The summed E-state index contributed by atoms with van der Waals surface area (Å²) in [5, 5.41) is 12.5. The van der Waals surface area contributed by atoms with E-state index in [1.807, 2.05) is 51.1 Å². The van der Waals surface area contributed by atoms with Gasteiger partial charge in [0.25, 0.3) is 5.56 Å². The first-order valence-corrected chi connectivity index (χ1v) is 22.0. The Balaban J connectivity index is 1.18. The lowest BCUT2D eigenvalue weighted by Gasteiger charge is -2.28. The Labute approximate surface area is 359 Å². The van der Waals surface area contributed by atoms with E-state index in [9.17, 15) is 24.0 Å². The van der Waals surface area contributed by atoms with E-state index in [0.29, 0.717) is 43.6 Å². The molecule has 2 aliphatic carbocycles. The lowest BCUT2D eigenvalue weighted by atomic mass is 9.84. The number of aryl methyl sites for hydroxylation is 1. The van der Waals surface area contributed by atoms with Crippen molar-refractivity contribution >= 4 is 40.6 Å². The maximum atomic E-state index is 14.3. The number of carbonyl (C=O) groups is 4. The van der Waals surface area contributed by atoms with Gasteiger partial charge in [-0.25, -0.2) is 9.59 Å². The number of benzene rings is 3. The molecule has 1 heterocycles. The number of aromatic nitrogens is 1. The monoisotopic (exact) mass is 833 g/mol. The van der Waals surface area contributed by atoms with Gasteiger partial charge in [-0.3, -0.25) is 14.4 Å². The fraction of sp³-hybridized carbons (Fsp3) is 0.490. The van der Waals surface area contributed by atoms with Crippen LogP contribution in [0.15, 0.2) is 77.6 Å². The third-order valence-electron chi connectivity index (χ3n) is 11.6. The molecule has 2 atom stereocenters. The van der Waals surface area contributed by atoms with Crippen molar-refractivity contribution in [2.45, 2.75) is 129 Å². The summed E-state index contributed by atoms with van der Waals surface area (Å²) in [4.78, 5) is 67.5. The van der Waals surface area contributed by atoms with Crippen LogP contribution in [-0.4, -0.2) is 59.4 Å². The molecule has 61 heavy (non-hydrogen) atoms. The Hall–Kier alpha value is -5.65. The van der Waals surface area contributed by atoms with Gasteiger partial charge in [-0.2, -0.15) is 0 Å². The lowest BCUT2D eigenvalue weighted by Crippen LogP contribution is -2.53. The second-order valence-corrected chi connectivity index (χ2v) is 18.1. The number of alkyl carbamates (subject to hydrolysis) is 2. The highest BCUT2D eigenvalue weighted by atomic mass is 16.6. The Morgan fingerprint density at radius 2 is 1.48 bits per heavy atom. The van der Waals surface area contributed by atoms with Gasteiger partial charge in [0, 0.05) is 36.1 Å². The minimum absolute atomic E-state index is 0.107. The lowest BCUT2D eigenvalue weighted by molar-refractivity contribution is -0.128. The number of fused-ring (bicyclic) bond motifs is 4. The number of amides is 4. The molecule has 1 saturated carbocycles. The van der Waals surface area contributed by atoms with Crippen molar-refractivity contribution in [3.63, 3.8) is 0 Å². The van der Waals surface area contributed by atoms with Gasteiger partial charge in [0.1, 0.15) is 24.3 Å². The highest BCUT2D eigenvalue weighted by Crippen LogP contribution is 2.44. The van der Waals surface area contributed by atoms with Crippen LogP contribution in [0.4, 0.5) is 15.3 Å². The zero-order valence-electron chi connectivity index (χ0n) is 36.6. The molecule has 1 fully saturated rings. The molecule has 0 radical (unpaired) electrons. The summed E-state index contributed by atoms with van der Waals surface area (Å²) in [5.74, 6) is -0.591. The van der Waals surface area contributed by atoms with Crippen LogP contribution in [-0.2, 0) is 25.6 Å². The number of anilines is 1. The van der Waals surface area contributed by atoms with Crippen molar-refractivity contribution < 1.29 is 28.7 Å². The predicted octanol–water partition coefficient (Wildman–Crippen LogP) is 8.96. The summed E-state index contributed by atoms with van der Waals surface area (Å²) in [5.41, 5.74) is 5.72. The van der Waals surface area contributed by atoms with Crippen LogP contribution in [0.2, 0.25) is 0 Å². The standard InChI is InChI=1S/C49H63N5O7/c1-31(2)29-54-43-28-34(23-24-35(43)32(3)26-44(54)55)51-45(56)41(22-14-15-25-50-47(58)61-49(4,5)6)52-46(57)42(27-33-16-8-7-9-17-33)53-48(59)60-30-40-38-20-12-10-18-36(38)37-19-11-13-21-39(37)40/h10-13,18-21,23-24,26,28,31,33,40-42H,7-9,14-17,22,25,27,29-30H2,1-6H3,(H,50,58)(H,51,56)(H,52,57)(H,53,59). The molecular formula is C49H63N5O7. The summed E-state index contributed by atoms with van der Waals surface area (Å²) in [6.45, 7) is 12.3. The summed E-state index contributed by atoms with van der Waals surface area (Å²) in [6, 6.07) is 21.5. The zero-order chi connectivity index (χ0) is 43.7. The minimum Gasteiger partial charge on any atom is -0.449 e. The van der Waals surface area contributed by atoms with E-state index in [2.05, 4.69) is 45.5 Å². The summed E-state index contributed by atoms with van der Waals surface area (Å²) < 4.78 is 13.0. The number of ether oxygens (including phenoxy) is 2. The Morgan fingerprint density at radius 3 is 2.13 bits per heavy atom. The first kappa shape index (κ1) is 44.9. The maximum Gasteiger partial charge on any atom is 0.407 e. The molecular weight excluding hydrogens is 771 g/mol. The normalized spacial score (nSPS) is 15.1. The molecule has 0 aliphatic heterocycles. The number of nitrogens with zero attached hydrogens (tertiary/aromatic N) is 1. The topological polar surface area (TPSA) is 157 Å². The van der Waals surface area contributed by atoms with Crippen molar-refractivity contribution in [2.75, 3.05) is 18.5 Å². The number of hydrogen-bond donors (Lipinski definition) is 4. The number of carbonyl (C=O) groups excluding carboxylic acids is 4. The van der Waals surface area contributed by atoms with Crippen molar-refractivity contribution in [1.82, 2.24) is 20.5 Å². The average molecular weight is 834 g/mol. The Kier molecular flexibility index (Phi) is 14.9. The van der Waals surface area contributed by atoms with Crippen molar-refractivity contribution in [1.29, 1.82) is 0 Å². The summed E-state index contributed by atoms with van der Waals surface area (Å²) in [6.07, 6.45) is 5.65. The quantitative estimate of drug-likeness (QED) is 0.0822. The van der Waals surface area contributed by atoms with E-state index in [0.717, 1.165) is 65.3 Å². The first-order valence-electron chi connectivity index (χ1n) is 22.0. The van der Waals surface area contributed by atoms with Gasteiger partial charge in [0.05, 0.1) is 5.52 Å². The van der Waals surface area contributed by atoms with Gasteiger partial charge in [0.15, 0.2) is 0 Å². The molecule has 0 spiro atoms. The molecule has 0 saturated heterocycles. The van der Waals surface area contributed by atoms with Crippen LogP contribution in [0.3, 0.4) is 0 Å². The highest BCUT2D eigenvalue weighted by molar-refractivity contribution is 5.99. The molecule has 2 aliphatic rings. The first-order chi connectivity index (χ1) is 29.2. The van der Waals surface area contributed by atoms with Crippen LogP contribution < -0.4 is 26.8 Å². The van der Waals surface area contributed by atoms with Gasteiger partial charge in [-0.1, -0.05) is 101 Å². The van der Waals surface area contributed by atoms with Crippen molar-refractivity contribution in [3.8, 4) is 11.1 Å². The molecule has 326 valence electrons. The third kappa shape index (κ3) is 12.0. The van der Waals surface area contributed by atoms with E-state index < -0.39 is 41.7 Å². The van der Waals surface area contributed by atoms with Crippen LogP contribution in [0, 0.1) is 18.8 Å². The molecule has 12 nitrogen and oxygen atoms in total. The second kappa shape index (κ2) is 20.3.